The average molecular weight is 394 g/mol. The Morgan fingerprint density at radius 2 is 1.97 bits per heavy atom. The van der Waals surface area contributed by atoms with Gasteiger partial charge in [-0.3, -0.25) is 4.79 Å². The number of benzene rings is 2. The number of rotatable bonds is 4. The molecule has 2 aromatic carbocycles. The quantitative estimate of drug-likeness (QED) is 0.865. The summed E-state index contributed by atoms with van der Waals surface area (Å²) in [6.45, 7) is 0.851. The van der Waals surface area contributed by atoms with Crippen LogP contribution in [0.3, 0.4) is 0 Å². The number of hydrogen-bond acceptors (Lipinski definition) is 4. The Hall–Kier alpha value is -2.75. The molecule has 4 rings (SSSR count). The van der Waals surface area contributed by atoms with E-state index in [1.807, 2.05) is 30.3 Å². The lowest BCUT2D eigenvalue weighted by atomic mass is 9.72. The highest BCUT2D eigenvalue weighted by atomic mass is 19.1. The topological polar surface area (TPSA) is 73.6 Å². The number of carbonyl (C=O) groups excluding carboxylic acids is 1. The van der Waals surface area contributed by atoms with Gasteiger partial charge in [0, 0.05) is 25.0 Å². The molecule has 6 heteroatoms. The van der Waals surface area contributed by atoms with Gasteiger partial charge in [-0.2, -0.15) is 5.26 Å². The Kier molecular flexibility index (Phi) is 5.61. The molecule has 0 bridgehead atoms. The van der Waals surface area contributed by atoms with Crippen molar-refractivity contribution in [1.82, 2.24) is 4.90 Å². The van der Waals surface area contributed by atoms with Gasteiger partial charge in [0.2, 0.25) is 5.91 Å². The first-order valence-corrected chi connectivity index (χ1v) is 9.91. The Balaban J connectivity index is 1.67. The van der Waals surface area contributed by atoms with Crippen molar-refractivity contribution in [3.05, 3.63) is 59.9 Å². The zero-order chi connectivity index (χ0) is 20.4. The maximum Gasteiger partial charge on any atom is 0.227 e. The van der Waals surface area contributed by atoms with E-state index in [1.54, 1.807) is 11.0 Å². The average Bonchev–Trinajstić information content (AvgIpc) is 2.74. The molecule has 0 aromatic heterocycles. The molecule has 2 aromatic rings. The van der Waals surface area contributed by atoms with Crippen LogP contribution in [0.2, 0.25) is 0 Å². The second kappa shape index (κ2) is 8.32. The number of amides is 1. The highest BCUT2D eigenvalue weighted by Gasteiger charge is 2.53. The standard InChI is InChI=1S/C23H23FN2O3/c24-17-5-3-4-16(12-17)18-6-1-2-7-19(18)22-20(13-25)26(21(22)14-27)23(28)15-8-10-29-11-9-15/h1-7,12,15,20-22,27H,8-11,14H2/t20-,21+,22-/m0/s1. The first-order chi connectivity index (χ1) is 14.2. The summed E-state index contributed by atoms with van der Waals surface area (Å²) < 4.78 is 19.1. The van der Waals surface area contributed by atoms with E-state index < -0.39 is 12.1 Å². The molecule has 5 nitrogen and oxygen atoms in total. The molecule has 1 N–H and O–H groups in total. The van der Waals surface area contributed by atoms with E-state index in [-0.39, 0.29) is 30.2 Å². The van der Waals surface area contributed by atoms with E-state index >= 15 is 0 Å². The van der Waals surface area contributed by atoms with Crippen molar-refractivity contribution in [2.45, 2.75) is 30.8 Å². The summed E-state index contributed by atoms with van der Waals surface area (Å²) in [6, 6.07) is 15.0. The summed E-state index contributed by atoms with van der Waals surface area (Å²) in [7, 11) is 0. The molecule has 0 unspecified atom stereocenters. The van der Waals surface area contributed by atoms with Gasteiger partial charge in [-0.05, 0) is 41.7 Å². The fourth-order valence-corrected chi connectivity index (χ4v) is 4.55. The van der Waals surface area contributed by atoms with Crippen molar-refractivity contribution in [3.8, 4) is 17.2 Å². The maximum atomic E-state index is 13.8. The molecule has 3 atom stereocenters. The summed E-state index contributed by atoms with van der Waals surface area (Å²) in [6.07, 6.45) is 1.27. The van der Waals surface area contributed by atoms with Gasteiger partial charge in [-0.25, -0.2) is 4.39 Å². The predicted molar refractivity (Wildman–Crippen MR) is 105 cm³/mol. The van der Waals surface area contributed by atoms with Gasteiger partial charge in [-0.1, -0.05) is 36.4 Å². The summed E-state index contributed by atoms with van der Waals surface area (Å²) in [5.41, 5.74) is 2.37. The number of halogens is 1. The molecule has 2 fully saturated rings. The van der Waals surface area contributed by atoms with E-state index in [2.05, 4.69) is 6.07 Å². The van der Waals surface area contributed by atoms with Crippen molar-refractivity contribution in [1.29, 1.82) is 5.26 Å². The number of aliphatic hydroxyl groups excluding tert-OH is 1. The fourth-order valence-electron chi connectivity index (χ4n) is 4.55. The van der Waals surface area contributed by atoms with Crippen LogP contribution in [0.25, 0.3) is 11.1 Å². The molecule has 0 saturated carbocycles. The number of nitriles is 1. The third kappa shape index (κ3) is 3.52. The van der Waals surface area contributed by atoms with Gasteiger partial charge in [0.15, 0.2) is 0 Å². The molecule has 29 heavy (non-hydrogen) atoms. The number of likely N-dealkylation sites (tertiary alicyclic amines) is 1. The van der Waals surface area contributed by atoms with Crippen LogP contribution in [0.1, 0.15) is 24.3 Å². The van der Waals surface area contributed by atoms with Crippen LogP contribution in [-0.4, -0.2) is 47.8 Å². The van der Waals surface area contributed by atoms with Crippen LogP contribution in [0.15, 0.2) is 48.5 Å². The summed E-state index contributed by atoms with van der Waals surface area (Å²) >= 11 is 0. The molecule has 0 radical (unpaired) electrons. The van der Waals surface area contributed by atoms with Crippen molar-refractivity contribution in [3.63, 3.8) is 0 Å². The molecule has 1 amide bonds. The normalized spacial score (nSPS) is 24.6. The van der Waals surface area contributed by atoms with Gasteiger partial charge >= 0.3 is 0 Å². The minimum atomic E-state index is -0.655. The number of aliphatic hydroxyl groups is 1. The third-order valence-corrected chi connectivity index (χ3v) is 6.01. The van der Waals surface area contributed by atoms with Crippen LogP contribution < -0.4 is 0 Å². The van der Waals surface area contributed by atoms with Gasteiger partial charge in [0.1, 0.15) is 11.9 Å². The number of carbonyl (C=O) groups is 1. The lowest BCUT2D eigenvalue weighted by Gasteiger charge is -2.53. The van der Waals surface area contributed by atoms with Gasteiger partial charge in [0.05, 0.1) is 18.7 Å². The Morgan fingerprint density at radius 1 is 1.21 bits per heavy atom. The minimum Gasteiger partial charge on any atom is -0.394 e. The summed E-state index contributed by atoms with van der Waals surface area (Å²) in [5.74, 6) is -0.919. The predicted octanol–water partition coefficient (Wildman–Crippen LogP) is 3.10. The van der Waals surface area contributed by atoms with Crippen LogP contribution in [0.4, 0.5) is 4.39 Å². The van der Waals surface area contributed by atoms with Crippen molar-refractivity contribution < 1.29 is 19.0 Å². The SMILES string of the molecule is N#C[C@H]1[C@H](c2ccccc2-c2cccc(F)c2)[C@@H](CO)N1C(=O)C1CCOCC1. The van der Waals surface area contributed by atoms with E-state index in [0.717, 1.165) is 11.1 Å². The second-order valence-corrected chi connectivity index (χ2v) is 7.58. The van der Waals surface area contributed by atoms with Gasteiger partial charge in [-0.15, -0.1) is 0 Å². The molecule has 0 spiro atoms. The number of hydrogen-bond donors (Lipinski definition) is 1. The number of ether oxygens (including phenoxy) is 1. The second-order valence-electron chi connectivity index (χ2n) is 7.58. The van der Waals surface area contributed by atoms with Gasteiger partial charge < -0.3 is 14.7 Å². The fraction of sp³-hybridized carbons (Fsp3) is 0.391. The smallest absolute Gasteiger partial charge is 0.227 e. The van der Waals surface area contributed by atoms with Crippen molar-refractivity contribution in [2.75, 3.05) is 19.8 Å². The molecule has 0 aliphatic carbocycles. The van der Waals surface area contributed by atoms with Crippen LogP contribution >= 0.6 is 0 Å². The van der Waals surface area contributed by atoms with Crippen LogP contribution in [0.5, 0.6) is 0 Å². The molecule has 150 valence electrons. The molecule has 2 aliphatic rings. The molecular weight excluding hydrogens is 371 g/mol. The highest BCUT2D eigenvalue weighted by molar-refractivity contribution is 5.82. The van der Waals surface area contributed by atoms with Crippen molar-refractivity contribution >= 4 is 5.91 Å². The molecular formula is C23H23FN2O3. The van der Waals surface area contributed by atoms with E-state index in [0.29, 0.717) is 31.6 Å². The highest BCUT2D eigenvalue weighted by Crippen LogP contribution is 2.45. The molecule has 2 saturated heterocycles. The van der Waals surface area contributed by atoms with Gasteiger partial charge in [0.25, 0.3) is 0 Å². The maximum absolute atomic E-state index is 13.8. The zero-order valence-corrected chi connectivity index (χ0v) is 16.0. The monoisotopic (exact) mass is 394 g/mol. The van der Waals surface area contributed by atoms with Crippen molar-refractivity contribution in [2.24, 2.45) is 5.92 Å². The lowest BCUT2D eigenvalue weighted by Crippen LogP contribution is -2.66. The zero-order valence-electron chi connectivity index (χ0n) is 16.0. The Labute approximate surface area is 169 Å². The summed E-state index contributed by atoms with van der Waals surface area (Å²) in [4.78, 5) is 14.6. The first kappa shape index (κ1) is 19.6. The van der Waals surface area contributed by atoms with E-state index in [4.69, 9.17) is 4.74 Å². The minimum absolute atomic E-state index is 0.0848. The molecule has 2 heterocycles. The van der Waals surface area contributed by atoms with E-state index in [9.17, 15) is 19.6 Å². The number of nitrogens with zero attached hydrogens (tertiary/aromatic N) is 2. The lowest BCUT2D eigenvalue weighted by molar-refractivity contribution is -0.154. The Bertz CT molecular complexity index is 936. The van der Waals surface area contributed by atoms with Crippen LogP contribution in [0, 0.1) is 23.1 Å². The Morgan fingerprint density at radius 3 is 2.66 bits per heavy atom. The third-order valence-electron chi connectivity index (χ3n) is 6.01. The van der Waals surface area contributed by atoms with E-state index in [1.165, 1.54) is 12.1 Å². The largest absolute Gasteiger partial charge is 0.394 e. The van der Waals surface area contributed by atoms with Crippen LogP contribution in [-0.2, 0) is 9.53 Å². The summed E-state index contributed by atoms with van der Waals surface area (Å²) in [5, 5.41) is 19.9. The first-order valence-electron chi connectivity index (χ1n) is 9.91. The molecule has 2 aliphatic heterocycles.